The van der Waals surface area contributed by atoms with E-state index in [2.05, 4.69) is 34.1 Å². The Balaban J connectivity index is 1.51. The molecule has 0 atom stereocenters. The van der Waals surface area contributed by atoms with Crippen molar-refractivity contribution in [2.45, 2.75) is 18.9 Å². The van der Waals surface area contributed by atoms with Crippen LogP contribution in [0.15, 0.2) is 0 Å². The fraction of sp³-hybridized carbons (Fsp3) is 1.00. The summed E-state index contributed by atoms with van der Waals surface area (Å²) in [5.41, 5.74) is 0. The first kappa shape index (κ1) is 16.2. The Morgan fingerprint density at radius 1 is 1.00 bits per heavy atom. The van der Waals surface area contributed by atoms with Crippen molar-refractivity contribution in [3.8, 4) is 0 Å². The van der Waals surface area contributed by atoms with Gasteiger partial charge < -0.3 is 15.0 Å². The van der Waals surface area contributed by atoms with E-state index < -0.39 is 0 Å². The van der Waals surface area contributed by atoms with E-state index in [1.54, 1.807) is 0 Å². The molecule has 0 aromatic heterocycles. The molecule has 0 aliphatic carbocycles. The smallest absolute Gasteiger partial charge is 0.0480 e. The third kappa shape index (κ3) is 6.06. The van der Waals surface area contributed by atoms with Gasteiger partial charge in [-0.3, -0.25) is 9.80 Å². The lowest BCUT2D eigenvalue weighted by Gasteiger charge is -2.35. The van der Waals surface area contributed by atoms with Gasteiger partial charge in [0.15, 0.2) is 0 Å². The summed E-state index contributed by atoms with van der Waals surface area (Å²) in [6.45, 7) is 11.5. The first-order valence-electron chi connectivity index (χ1n) is 8.14. The van der Waals surface area contributed by atoms with Crippen LogP contribution in [0.3, 0.4) is 0 Å². The van der Waals surface area contributed by atoms with Crippen molar-refractivity contribution in [3.63, 3.8) is 0 Å². The van der Waals surface area contributed by atoms with Crippen molar-refractivity contribution >= 4 is 0 Å². The molecule has 0 bridgehead atoms. The molecule has 0 unspecified atom stereocenters. The Bertz CT molecular complexity index is 248. The van der Waals surface area contributed by atoms with Gasteiger partial charge in [0, 0.05) is 71.6 Å². The van der Waals surface area contributed by atoms with E-state index in [4.69, 9.17) is 4.74 Å². The number of piperazine rings is 1. The minimum absolute atomic E-state index is 0.685. The quantitative estimate of drug-likeness (QED) is 0.707. The predicted octanol–water partition coefficient (Wildman–Crippen LogP) is -0.0658. The molecular weight excluding hydrogens is 252 g/mol. The number of nitrogens with zero attached hydrogens (tertiary/aromatic N) is 3. The molecular formula is C15H32N4O. The molecule has 0 aromatic carbocycles. The zero-order valence-electron chi connectivity index (χ0n) is 13.3. The molecule has 2 aliphatic heterocycles. The van der Waals surface area contributed by atoms with Gasteiger partial charge in [-0.15, -0.1) is 0 Å². The van der Waals surface area contributed by atoms with Crippen LogP contribution in [0.2, 0.25) is 0 Å². The lowest BCUT2D eigenvalue weighted by molar-refractivity contribution is 0.0757. The summed E-state index contributed by atoms with van der Waals surface area (Å²) in [5.74, 6) is 0. The molecule has 2 saturated heterocycles. The molecule has 1 N–H and O–H groups in total. The molecule has 2 fully saturated rings. The fourth-order valence-electron chi connectivity index (χ4n) is 2.91. The van der Waals surface area contributed by atoms with Crippen LogP contribution in [0.4, 0.5) is 0 Å². The largest absolute Gasteiger partial charge is 0.381 e. The lowest BCUT2D eigenvalue weighted by atomic mass is 10.1. The zero-order valence-corrected chi connectivity index (χ0v) is 13.3. The summed E-state index contributed by atoms with van der Waals surface area (Å²) in [6.07, 6.45) is 2.36. The average molecular weight is 284 g/mol. The highest BCUT2D eigenvalue weighted by atomic mass is 16.5. The highest BCUT2D eigenvalue weighted by Crippen LogP contribution is 2.06. The maximum absolute atomic E-state index is 5.39. The number of nitrogens with one attached hydrogen (secondary N) is 1. The molecule has 20 heavy (non-hydrogen) atoms. The first-order valence-corrected chi connectivity index (χ1v) is 8.14. The van der Waals surface area contributed by atoms with Crippen molar-refractivity contribution < 1.29 is 4.74 Å². The SMILES string of the molecule is CN(C)CCN1CCN(CCNC2CCOCC2)CC1. The molecule has 2 aliphatic rings. The highest BCUT2D eigenvalue weighted by Gasteiger charge is 2.17. The van der Waals surface area contributed by atoms with Crippen molar-refractivity contribution in [2.75, 3.05) is 79.7 Å². The molecule has 2 heterocycles. The van der Waals surface area contributed by atoms with Crippen molar-refractivity contribution in [1.29, 1.82) is 0 Å². The third-order valence-electron chi connectivity index (χ3n) is 4.41. The van der Waals surface area contributed by atoms with E-state index in [0.29, 0.717) is 6.04 Å². The minimum atomic E-state index is 0.685. The minimum Gasteiger partial charge on any atom is -0.381 e. The van der Waals surface area contributed by atoms with Crippen LogP contribution in [-0.4, -0.2) is 100 Å². The Kier molecular flexibility index (Phi) is 7.24. The van der Waals surface area contributed by atoms with Gasteiger partial charge in [-0.1, -0.05) is 0 Å². The van der Waals surface area contributed by atoms with Gasteiger partial charge >= 0.3 is 0 Å². The number of hydrogen-bond acceptors (Lipinski definition) is 5. The van der Waals surface area contributed by atoms with Crippen LogP contribution in [0.1, 0.15) is 12.8 Å². The Morgan fingerprint density at radius 2 is 1.60 bits per heavy atom. The van der Waals surface area contributed by atoms with Crippen LogP contribution in [0.25, 0.3) is 0 Å². The summed E-state index contributed by atoms with van der Waals surface area (Å²) in [5, 5.41) is 3.68. The molecule has 0 amide bonds. The second-order valence-corrected chi connectivity index (χ2v) is 6.33. The summed E-state index contributed by atoms with van der Waals surface area (Å²) in [6, 6.07) is 0.685. The van der Waals surface area contributed by atoms with E-state index in [1.807, 2.05) is 0 Å². The number of hydrogen-bond donors (Lipinski definition) is 1. The van der Waals surface area contributed by atoms with Crippen molar-refractivity contribution in [2.24, 2.45) is 0 Å². The van der Waals surface area contributed by atoms with E-state index in [1.165, 1.54) is 58.7 Å². The van der Waals surface area contributed by atoms with Gasteiger partial charge in [0.1, 0.15) is 0 Å². The molecule has 0 saturated carbocycles. The second-order valence-electron chi connectivity index (χ2n) is 6.33. The monoisotopic (exact) mass is 284 g/mol. The van der Waals surface area contributed by atoms with E-state index in [-0.39, 0.29) is 0 Å². The lowest BCUT2D eigenvalue weighted by Crippen LogP contribution is -2.50. The molecule has 0 spiro atoms. The third-order valence-corrected chi connectivity index (χ3v) is 4.41. The van der Waals surface area contributed by atoms with Crippen LogP contribution < -0.4 is 5.32 Å². The molecule has 0 aromatic rings. The fourth-order valence-corrected chi connectivity index (χ4v) is 2.91. The number of likely N-dealkylation sites (N-methyl/N-ethyl adjacent to an activating group) is 1. The Hall–Kier alpha value is -0.200. The Morgan fingerprint density at radius 3 is 2.20 bits per heavy atom. The van der Waals surface area contributed by atoms with Gasteiger partial charge in [-0.25, -0.2) is 0 Å². The standard InChI is InChI=1S/C15H32N4O/c1-17(2)7-8-19-11-9-18(10-12-19)6-5-16-15-3-13-20-14-4-15/h15-16H,3-14H2,1-2H3. The van der Waals surface area contributed by atoms with E-state index >= 15 is 0 Å². The van der Waals surface area contributed by atoms with Gasteiger partial charge in [0.25, 0.3) is 0 Å². The summed E-state index contributed by atoms with van der Waals surface area (Å²) in [4.78, 5) is 7.45. The van der Waals surface area contributed by atoms with Crippen LogP contribution in [0.5, 0.6) is 0 Å². The van der Waals surface area contributed by atoms with Gasteiger partial charge in [0.05, 0.1) is 0 Å². The maximum Gasteiger partial charge on any atom is 0.0480 e. The molecule has 118 valence electrons. The summed E-state index contributed by atoms with van der Waals surface area (Å²) in [7, 11) is 4.30. The summed E-state index contributed by atoms with van der Waals surface area (Å²) < 4.78 is 5.39. The van der Waals surface area contributed by atoms with Crippen LogP contribution >= 0.6 is 0 Å². The average Bonchev–Trinajstić information content (AvgIpc) is 2.47. The molecule has 5 heteroatoms. The van der Waals surface area contributed by atoms with Gasteiger partial charge in [-0.05, 0) is 26.9 Å². The topological polar surface area (TPSA) is 31.0 Å². The van der Waals surface area contributed by atoms with Crippen LogP contribution in [0, 0.1) is 0 Å². The van der Waals surface area contributed by atoms with Crippen LogP contribution in [-0.2, 0) is 4.74 Å². The van der Waals surface area contributed by atoms with E-state index in [9.17, 15) is 0 Å². The van der Waals surface area contributed by atoms with Crippen molar-refractivity contribution in [3.05, 3.63) is 0 Å². The summed E-state index contributed by atoms with van der Waals surface area (Å²) >= 11 is 0. The van der Waals surface area contributed by atoms with E-state index in [0.717, 1.165) is 19.8 Å². The predicted molar refractivity (Wildman–Crippen MR) is 83.3 cm³/mol. The highest BCUT2D eigenvalue weighted by molar-refractivity contribution is 4.75. The van der Waals surface area contributed by atoms with Gasteiger partial charge in [-0.2, -0.15) is 0 Å². The normalized spacial score (nSPS) is 23.6. The van der Waals surface area contributed by atoms with Gasteiger partial charge in [0.2, 0.25) is 0 Å². The molecule has 0 radical (unpaired) electrons. The number of ether oxygens (including phenoxy) is 1. The zero-order chi connectivity index (χ0) is 14.2. The van der Waals surface area contributed by atoms with Crippen molar-refractivity contribution in [1.82, 2.24) is 20.0 Å². The second kappa shape index (κ2) is 8.95. The number of rotatable bonds is 7. The molecule has 2 rings (SSSR count). The first-order chi connectivity index (χ1) is 9.74. The Labute approximate surface area is 124 Å². The maximum atomic E-state index is 5.39. The molecule has 5 nitrogen and oxygen atoms in total.